The first-order valence-electron chi connectivity index (χ1n) is 11.7. The normalized spacial score (nSPS) is 13.9. The van der Waals surface area contributed by atoms with Crippen LogP contribution in [0.3, 0.4) is 0 Å². The number of urea groups is 2. The Bertz CT molecular complexity index is 1280. The Morgan fingerprint density at radius 1 is 1.00 bits per heavy atom. The number of rotatable bonds is 6. The minimum Gasteiger partial charge on any atom is -0.497 e. The van der Waals surface area contributed by atoms with E-state index in [2.05, 4.69) is 10.6 Å². The number of anilines is 3. The molecule has 3 aromatic rings. The summed E-state index contributed by atoms with van der Waals surface area (Å²) in [5.41, 5.74) is 2.31. The number of ether oxygens (including phenoxy) is 1. The number of nitrogens with zero attached hydrogens (tertiary/aromatic N) is 2. The topological polar surface area (TPSA) is 73.9 Å². The fraction of sp³-hybridized carbons (Fsp3) is 0.259. The summed E-state index contributed by atoms with van der Waals surface area (Å²) < 4.78 is 43.8. The highest BCUT2D eigenvalue weighted by Gasteiger charge is 2.31. The molecule has 0 aromatic heterocycles. The molecule has 0 aliphatic carbocycles. The number of carbonyl (C=O) groups excluding carboxylic acids is 2. The van der Waals surface area contributed by atoms with Gasteiger partial charge in [-0.15, -0.1) is 0 Å². The number of benzene rings is 3. The summed E-state index contributed by atoms with van der Waals surface area (Å²) in [6.45, 7) is 2.97. The molecule has 1 saturated heterocycles. The van der Waals surface area contributed by atoms with Crippen LogP contribution in [0, 0.1) is 6.92 Å². The molecule has 3 aromatic carbocycles. The minimum absolute atomic E-state index is 0.179. The highest BCUT2D eigenvalue weighted by atomic mass is 19.4. The van der Waals surface area contributed by atoms with Crippen LogP contribution in [0.15, 0.2) is 66.7 Å². The van der Waals surface area contributed by atoms with Gasteiger partial charge in [-0.2, -0.15) is 13.2 Å². The van der Waals surface area contributed by atoms with E-state index in [-0.39, 0.29) is 12.6 Å². The molecule has 0 saturated carbocycles. The van der Waals surface area contributed by atoms with Crippen molar-refractivity contribution in [2.24, 2.45) is 0 Å². The Kier molecular flexibility index (Phi) is 7.56. The highest BCUT2D eigenvalue weighted by molar-refractivity contribution is 6.04. The monoisotopic (exact) mass is 512 g/mol. The first kappa shape index (κ1) is 25.9. The van der Waals surface area contributed by atoms with Crippen molar-refractivity contribution in [3.63, 3.8) is 0 Å². The summed E-state index contributed by atoms with van der Waals surface area (Å²) in [5.74, 6) is 0.598. The molecule has 4 amide bonds. The van der Waals surface area contributed by atoms with E-state index in [1.54, 1.807) is 46.2 Å². The minimum atomic E-state index is -4.41. The number of nitrogens with one attached hydrogen (secondary N) is 2. The van der Waals surface area contributed by atoms with Gasteiger partial charge in [-0.1, -0.05) is 24.3 Å². The van der Waals surface area contributed by atoms with Crippen LogP contribution in [-0.4, -0.2) is 37.2 Å². The van der Waals surface area contributed by atoms with Crippen molar-refractivity contribution in [3.8, 4) is 5.75 Å². The molecule has 0 bridgehead atoms. The third kappa shape index (κ3) is 6.32. The molecule has 0 spiro atoms. The second kappa shape index (κ2) is 10.8. The summed E-state index contributed by atoms with van der Waals surface area (Å²) >= 11 is 0. The maximum Gasteiger partial charge on any atom is 0.416 e. The van der Waals surface area contributed by atoms with E-state index < -0.39 is 17.8 Å². The predicted molar refractivity (Wildman–Crippen MR) is 136 cm³/mol. The quantitative estimate of drug-likeness (QED) is 0.396. The van der Waals surface area contributed by atoms with Gasteiger partial charge in [-0.05, 0) is 60.9 Å². The third-order valence-corrected chi connectivity index (χ3v) is 5.98. The standard InChI is InChI=1S/C27H27F3N4O3/c1-18-7-12-24(23(15-18)32-25(35)31-21-5-3-6-22(16-21)37-2)34-14-4-13-33(26(34)36)17-19-8-10-20(11-9-19)27(28,29)30/h3,5-12,15-16H,4,13-14,17H2,1-2H3,(H2,31,32,35). The van der Waals surface area contributed by atoms with Gasteiger partial charge < -0.3 is 20.3 Å². The van der Waals surface area contributed by atoms with Gasteiger partial charge >= 0.3 is 18.2 Å². The summed E-state index contributed by atoms with van der Waals surface area (Å²) in [5, 5.41) is 5.59. The molecule has 0 atom stereocenters. The van der Waals surface area contributed by atoms with E-state index in [0.29, 0.717) is 47.9 Å². The van der Waals surface area contributed by atoms with Crippen molar-refractivity contribution >= 4 is 29.1 Å². The smallest absolute Gasteiger partial charge is 0.416 e. The van der Waals surface area contributed by atoms with Gasteiger partial charge in [0.1, 0.15) is 5.75 Å². The van der Waals surface area contributed by atoms with Gasteiger partial charge in [0.15, 0.2) is 0 Å². The largest absolute Gasteiger partial charge is 0.497 e. The lowest BCUT2D eigenvalue weighted by atomic mass is 10.1. The van der Waals surface area contributed by atoms with Crippen molar-refractivity contribution in [1.82, 2.24) is 4.90 Å². The van der Waals surface area contributed by atoms with Crippen LogP contribution in [0.25, 0.3) is 0 Å². The van der Waals surface area contributed by atoms with Gasteiger partial charge in [0.05, 0.1) is 24.0 Å². The van der Waals surface area contributed by atoms with Crippen LogP contribution in [-0.2, 0) is 12.7 Å². The van der Waals surface area contributed by atoms with Crippen LogP contribution in [0.4, 0.5) is 39.8 Å². The average Bonchev–Trinajstić information content (AvgIpc) is 2.85. The molecule has 194 valence electrons. The summed E-state index contributed by atoms with van der Waals surface area (Å²) in [4.78, 5) is 29.3. The van der Waals surface area contributed by atoms with E-state index in [1.165, 1.54) is 19.2 Å². The Morgan fingerprint density at radius 3 is 2.46 bits per heavy atom. The molecule has 1 fully saturated rings. The molecule has 0 unspecified atom stereocenters. The molecule has 10 heteroatoms. The van der Waals surface area contributed by atoms with Crippen LogP contribution >= 0.6 is 0 Å². The molecule has 4 rings (SSSR count). The van der Waals surface area contributed by atoms with Crippen molar-refractivity contribution in [2.75, 3.05) is 35.7 Å². The zero-order valence-corrected chi connectivity index (χ0v) is 20.4. The SMILES string of the molecule is COc1cccc(NC(=O)Nc2cc(C)ccc2N2CCCN(Cc3ccc(C(F)(F)F)cc3)C2=O)c1. The summed E-state index contributed by atoms with van der Waals surface area (Å²) in [6, 6.07) is 16.4. The third-order valence-electron chi connectivity index (χ3n) is 5.98. The van der Waals surface area contributed by atoms with Crippen LogP contribution in [0.1, 0.15) is 23.1 Å². The van der Waals surface area contributed by atoms with E-state index >= 15 is 0 Å². The molecule has 7 nitrogen and oxygen atoms in total. The molecule has 1 aliphatic heterocycles. The first-order valence-corrected chi connectivity index (χ1v) is 11.7. The van der Waals surface area contributed by atoms with Crippen molar-refractivity contribution in [2.45, 2.75) is 26.1 Å². The van der Waals surface area contributed by atoms with Gasteiger partial charge in [0.2, 0.25) is 0 Å². The van der Waals surface area contributed by atoms with E-state index in [1.807, 2.05) is 13.0 Å². The molecule has 2 N–H and O–H groups in total. The summed E-state index contributed by atoms with van der Waals surface area (Å²) in [7, 11) is 1.54. The number of methoxy groups -OCH3 is 1. The second-order valence-corrected chi connectivity index (χ2v) is 8.74. The number of halogens is 3. The Labute approximate surface area is 212 Å². The van der Waals surface area contributed by atoms with Gasteiger partial charge in [-0.25, -0.2) is 9.59 Å². The Morgan fingerprint density at radius 2 is 1.76 bits per heavy atom. The van der Waals surface area contributed by atoms with Crippen molar-refractivity contribution < 1.29 is 27.5 Å². The van der Waals surface area contributed by atoms with E-state index in [0.717, 1.165) is 17.7 Å². The lowest BCUT2D eigenvalue weighted by molar-refractivity contribution is -0.137. The van der Waals surface area contributed by atoms with Crippen molar-refractivity contribution in [1.29, 1.82) is 0 Å². The van der Waals surface area contributed by atoms with Gasteiger partial charge in [0.25, 0.3) is 0 Å². The highest BCUT2D eigenvalue weighted by Crippen LogP contribution is 2.32. The molecular weight excluding hydrogens is 485 g/mol. The lowest BCUT2D eigenvalue weighted by Crippen LogP contribution is -2.49. The van der Waals surface area contributed by atoms with Crippen LogP contribution in [0.5, 0.6) is 5.75 Å². The maximum atomic E-state index is 13.4. The molecule has 1 heterocycles. The molecular formula is C27H27F3N4O3. The fourth-order valence-corrected chi connectivity index (χ4v) is 4.14. The number of alkyl halides is 3. The Hall–Kier alpha value is -4.21. The van der Waals surface area contributed by atoms with Crippen LogP contribution < -0.4 is 20.3 Å². The van der Waals surface area contributed by atoms with Crippen molar-refractivity contribution in [3.05, 3.63) is 83.4 Å². The number of hydrogen-bond acceptors (Lipinski definition) is 3. The first-order chi connectivity index (χ1) is 17.6. The van der Waals surface area contributed by atoms with Gasteiger partial charge in [-0.3, -0.25) is 4.90 Å². The average molecular weight is 513 g/mol. The number of hydrogen-bond donors (Lipinski definition) is 2. The fourth-order valence-electron chi connectivity index (χ4n) is 4.14. The zero-order valence-electron chi connectivity index (χ0n) is 20.4. The lowest BCUT2D eigenvalue weighted by Gasteiger charge is -2.36. The Balaban J connectivity index is 1.49. The van der Waals surface area contributed by atoms with E-state index in [9.17, 15) is 22.8 Å². The number of amides is 4. The maximum absolute atomic E-state index is 13.4. The molecule has 37 heavy (non-hydrogen) atoms. The molecule has 1 aliphatic rings. The summed E-state index contributed by atoms with van der Waals surface area (Å²) in [6.07, 6.45) is -3.75. The predicted octanol–water partition coefficient (Wildman–Crippen LogP) is 6.50. The van der Waals surface area contributed by atoms with Crippen LogP contribution in [0.2, 0.25) is 0 Å². The van der Waals surface area contributed by atoms with E-state index in [4.69, 9.17) is 4.74 Å². The number of aryl methyl sites for hydroxylation is 1. The van der Waals surface area contributed by atoms with Gasteiger partial charge in [0, 0.05) is 31.4 Å². The molecule has 0 radical (unpaired) electrons. The number of carbonyl (C=O) groups is 2. The second-order valence-electron chi connectivity index (χ2n) is 8.74. The zero-order chi connectivity index (χ0) is 26.6.